The van der Waals surface area contributed by atoms with E-state index < -0.39 is 0 Å². The zero-order chi connectivity index (χ0) is 14.1. The first-order valence-corrected chi connectivity index (χ1v) is 6.88. The molecule has 1 aromatic heterocycles. The van der Waals surface area contributed by atoms with E-state index in [1.165, 1.54) is 0 Å². The van der Waals surface area contributed by atoms with Crippen LogP contribution in [-0.4, -0.2) is 4.98 Å². The van der Waals surface area contributed by atoms with Crippen molar-refractivity contribution in [3.63, 3.8) is 0 Å². The molecule has 2 aromatic carbocycles. The van der Waals surface area contributed by atoms with Gasteiger partial charge < -0.3 is 4.74 Å². The third-order valence-electron chi connectivity index (χ3n) is 3.06. The number of rotatable bonds is 2. The highest BCUT2D eigenvalue weighted by Gasteiger charge is 2.10. The van der Waals surface area contributed by atoms with Crippen LogP contribution in [0.4, 0.5) is 0 Å². The Kier molecular flexibility index (Phi) is 3.51. The first-order chi connectivity index (χ1) is 9.66. The lowest BCUT2D eigenvalue weighted by molar-refractivity contribution is 0.484. The number of para-hydroxylation sites is 2. The minimum Gasteiger partial charge on any atom is -0.455 e. The van der Waals surface area contributed by atoms with Crippen LogP contribution < -0.4 is 4.74 Å². The summed E-state index contributed by atoms with van der Waals surface area (Å²) in [4.78, 5) is 4.28. The van der Waals surface area contributed by atoms with Crippen molar-refractivity contribution in [2.75, 3.05) is 0 Å². The maximum absolute atomic E-state index is 6.20. The number of halogens is 2. The topological polar surface area (TPSA) is 22.1 Å². The van der Waals surface area contributed by atoms with Crippen molar-refractivity contribution in [1.29, 1.82) is 0 Å². The van der Waals surface area contributed by atoms with Crippen molar-refractivity contribution in [1.82, 2.24) is 4.98 Å². The molecule has 0 aliphatic carbocycles. The molecule has 100 valence electrons. The highest BCUT2D eigenvalue weighted by atomic mass is 35.5. The number of fused-ring (bicyclic) bond motifs is 1. The molecule has 4 heteroatoms. The molecule has 0 radical (unpaired) electrons. The van der Waals surface area contributed by atoms with Crippen molar-refractivity contribution >= 4 is 34.1 Å². The van der Waals surface area contributed by atoms with Crippen LogP contribution in [0.5, 0.6) is 11.5 Å². The molecule has 0 saturated heterocycles. The predicted octanol–water partition coefficient (Wildman–Crippen LogP) is 5.64. The Bertz CT molecular complexity index is 766. The third kappa shape index (κ3) is 2.33. The molecule has 0 N–H and O–H groups in total. The number of ether oxygens (including phenoxy) is 1. The number of aryl methyl sites for hydroxylation is 1. The smallest absolute Gasteiger partial charge is 0.148 e. The van der Waals surface area contributed by atoms with E-state index in [9.17, 15) is 0 Å². The Hall–Kier alpha value is -1.77. The number of benzene rings is 2. The summed E-state index contributed by atoms with van der Waals surface area (Å²) in [6, 6.07) is 13.1. The second-order valence-electron chi connectivity index (χ2n) is 4.43. The van der Waals surface area contributed by atoms with E-state index in [4.69, 9.17) is 27.9 Å². The van der Waals surface area contributed by atoms with Crippen LogP contribution in [0.25, 0.3) is 10.9 Å². The number of hydrogen-bond acceptors (Lipinski definition) is 2. The quantitative estimate of drug-likeness (QED) is 0.611. The van der Waals surface area contributed by atoms with Crippen LogP contribution in [0.2, 0.25) is 10.0 Å². The molecule has 0 spiro atoms. The van der Waals surface area contributed by atoms with Gasteiger partial charge in [0.05, 0.1) is 15.6 Å². The molecule has 20 heavy (non-hydrogen) atoms. The van der Waals surface area contributed by atoms with Crippen LogP contribution in [0.15, 0.2) is 48.7 Å². The van der Waals surface area contributed by atoms with Gasteiger partial charge in [0.1, 0.15) is 11.5 Å². The fourth-order valence-corrected chi connectivity index (χ4v) is 2.54. The molecule has 0 aliphatic heterocycles. The number of nitrogens with zero attached hydrogens (tertiary/aromatic N) is 1. The molecule has 3 aromatic rings. The summed E-state index contributed by atoms with van der Waals surface area (Å²) in [5, 5.41) is 2.04. The molecule has 3 rings (SSSR count). The molecule has 2 nitrogen and oxygen atoms in total. The van der Waals surface area contributed by atoms with E-state index in [1.807, 2.05) is 31.2 Å². The SMILES string of the molecule is Cc1cccc(Cl)c1Oc1ccnc2c(Cl)cccc12. The average Bonchev–Trinajstić information content (AvgIpc) is 2.44. The van der Waals surface area contributed by atoms with Crippen molar-refractivity contribution < 1.29 is 4.74 Å². The predicted molar refractivity (Wildman–Crippen MR) is 83.0 cm³/mol. The molecule has 0 fully saturated rings. The summed E-state index contributed by atoms with van der Waals surface area (Å²) in [6.07, 6.45) is 1.68. The van der Waals surface area contributed by atoms with E-state index in [-0.39, 0.29) is 0 Å². The fraction of sp³-hybridized carbons (Fsp3) is 0.0625. The van der Waals surface area contributed by atoms with Gasteiger partial charge in [-0.15, -0.1) is 0 Å². The van der Waals surface area contributed by atoms with Crippen molar-refractivity contribution in [2.24, 2.45) is 0 Å². The third-order valence-corrected chi connectivity index (χ3v) is 3.66. The Morgan fingerprint density at radius 3 is 2.50 bits per heavy atom. The maximum atomic E-state index is 6.20. The lowest BCUT2D eigenvalue weighted by Crippen LogP contribution is -1.91. The first kappa shape index (κ1) is 13.2. The molecule has 0 amide bonds. The van der Waals surface area contributed by atoms with Gasteiger partial charge in [0.15, 0.2) is 0 Å². The monoisotopic (exact) mass is 303 g/mol. The van der Waals surface area contributed by atoms with Crippen LogP contribution in [0.3, 0.4) is 0 Å². The van der Waals surface area contributed by atoms with Gasteiger partial charge in [-0.3, -0.25) is 4.98 Å². The molecule has 0 bridgehead atoms. The summed E-state index contributed by atoms with van der Waals surface area (Å²) < 4.78 is 5.98. The van der Waals surface area contributed by atoms with Gasteiger partial charge in [-0.1, -0.05) is 41.4 Å². The number of aromatic nitrogens is 1. The van der Waals surface area contributed by atoms with Crippen LogP contribution in [-0.2, 0) is 0 Å². The zero-order valence-electron chi connectivity index (χ0n) is 10.7. The van der Waals surface area contributed by atoms with E-state index in [2.05, 4.69) is 4.98 Å². The van der Waals surface area contributed by atoms with Crippen molar-refractivity contribution in [3.8, 4) is 11.5 Å². The Balaban J connectivity index is 2.14. The summed E-state index contributed by atoms with van der Waals surface area (Å²) in [7, 11) is 0. The number of pyridine rings is 1. The fourth-order valence-electron chi connectivity index (χ4n) is 2.06. The lowest BCUT2D eigenvalue weighted by Gasteiger charge is -2.12. The van der Waals surface area contributed by atoms with Gasteiger partial charge in [0, 0.05) is 11.6 Å². The van der Waals surface area contributed by atoms with E-state index >= 15 is 0 Å². The molecule has 0 atom stereocenters. The molecule has 0 unspecified atom stereocenters. The molecule has 1 heterocycles. The normalized spacial score (nSPS) is 10.8. The maximum Gasteiger partial charge on any atom is 0.148 e. The van der Waals surface area contributed by atoms with Gasteiger partial charge >= 0.3 is 0 Å². The molecule has 0 saturated carbocycles. The highest BCUT2D eigenvalue weighted by Crippen LogP contribution is 2.36. The van der Waals surface area contributed by atoms with E-state index in [0.29, 0.717) is 21.5 Å². The Morgan fingerprint density at radius 2 is 1.70 bits per heavy atom. The second-order valence-corrected chi connectivity index (χ2v) is 5.25. The van der Waals surface area contributed by atoms with Crippen molar-refractivity contribution in [3.05, 3.63) is 64.3 Å². The molecular weight excluding hydrogens is 293 g/mol. The van der Waals surface area contributed by atoms with Crippen LogP contribution >= 0.6 is 23.2 Å². The van der Waals surface area contributed by atoms with Gasteiger partial charge in [-0.2, -0.15) is 0 Å². The van der Waals surface area contributed by atoms with Crippen LogP contribution in [0.1, 0.15) is 5.56 Å². The average molecular weight is 304 g/mol. The van der Waals surface area contributed by atoms with Crippen molar-refractivity contribution in [2.45, 2.75) is 6.92 Å². The number of hydrogen-bond donors (Lipinski definition) is 0. The second kappa shape index (κ2) is 5.31. The van der Waals surface area contributed by atoms with Gasteiger partial charge in [-0.05, 0) is 36.8 Å². The van der Waals surface area contributed by atoms with Gasteiger partial charge in [0.2, 0.25) is 0 Å². The minimum atomic E-state index is 0.581. The Labute approximate surface area is 126 Å². The lowest BCUT2D eigenvalue weighted by atomic mass is 10.2. The minimum absolute atomic E-state index is 0.581. The van der Waals surface area contributed by atoms with Gasteiger partial charge in [-0.25, -0.2) is 0 Å². The largest absolute Gasteiger partial charge is 0.455 e. The summed E-state index contributed by atoms with van der Waals surface area (Å²) in [5.74, 6) is 1.34. The molecular formula is C16H11Cl2NO. The summed E-state index contributed by atoms with van der Waals surface area (Å²) >= 11 is 12.3. The zero-order valence-corrected chi connectivity index (χ0v) is 12.2. The molecule has 0 aliphatic rings. The first-order valence-electron chi connectivity index (χ1n) is 6.13. The Morgan fingerprint density at radius 1 is 0.950 bits per heavy atom. The summed E-state index contributed by atoms with van der Waals surface area (Å²) in [5.41, 5.74) is 1.70. The standard InChI is InChI=1S/C16H11Cl2NO/c1-10-4-2-7-13(18)16(10)20-14-8-9-19-15-11(14)5-3-6-12(15)17/h2-9H,1H3. The highest BCUT2D eigenvalue weighted by molar-refractivity contribution is 6.35. The van der Waals surface area contributed by atoms with E-state index in [1.54, 1.807) is 24.4 Å². The van der Waals surface area contributed by atoms with Gasteiger partial charge in [0.25, 0.3) is 0 Å². The van der Waals surface area contributed by atoms with E-state index in [0.717, 1.165) is 16.5 Å². The van der Waals surface area contributed by atoms with Crippen LogP contribution in [0, 0.1) is 6.92 Å². The summed E-state index contributed by atoms with van der Waals surface area (Å²) in [6.45, 7) is 1.96.